The van der Waals surface area contributed by atoms with Gasteiger partial charge in [-0.25, -0.2) is 0 Å². The average Bonchev–Trinajstić information content (AvgIpc) is 3.87. The van der Waals surface area contributed by atoms with Crippen molar-refractivity contribution in [3.8, 4) is 22.3 Å². The van der Waals surface area contributed by atoms with E-state index < -0.39 is 0 Å². The lowest BCUT2D eigenvalue weighted by atomic mass is 9.90. The predicted octanol–water partition coefficient (Wildman–Crippen LogP) is 12.8. The largest absolute Gasteiger partial charge is 0.314 e. The number of fused-ring (bicyclic) bond motifs is 12. The Labute approximate surface area is 297 Å². The van der Waals surface area contributed by atoms with Gasteiger partial charge in [-0.3, -0.25) is 0 Å². The van der Waals surface area contributed by atoms with Crippen molar-refractivity contribution in [3.63, 3.8) is 0 Å². The monoisotopic (exact) mass is 657 g/mol. The smallest absolute Gasteiger partial charge is 0.0508 e. The molecule has 0 saturated heterocycles. The van der Waals surface area contributed by atoms with Crippen molar-refractivity contribution in [1.82, 2.24) is 0 Å². The topological polar surface area (TPSA) is 3.24 Å². The van der Waals surface area contributed by atoms with E-state index in [1.54, 1.807) is 0 Å². The number of nitrogens with zero attached hydrogens (tertiary/aromatic N) is 1. The molecule has 11 rings (SSSR count). The maximum Gasteiger partial charge on any atom is 0.0508 e. The molecule has 0 N–H and O–H groups in total. The SMILES string of the molecule is C1=C(c2ccccc2)CCC(N(C2=CCCc3sc4ccc5c(c4c32)-c2ccc3ccccc3c2C5)c2cccc3c2Cc2ccccc2-3)=C1. The predicted molar refractivity (Wildman–Crippen MR) is 213 cm³/mol. The second-order valence-electron chi connectivity index (χ2n) is 14.2. The highest BCUT2D eigenvalue weighted by Gasteiger charge is 2.33. The molecule has 1 heterocycles. The van der Waals surface area contributed by atoms with Crippen LogP contribution in [-0.2, 0) is 19.3 Å². The molecule has 0 spiro atoms. The Kier molecular flexibility index (Phi) is 6.27. The van der Waals surface area contributed by atoms with Gasteiger partial charge >= 0.3 is 0 Å². The molecular formula is C48H35NS. The molecule has 4 aliphatic carbocycles. The van der Waals surface area contributed by atoms with Gasteiger partial charge in [0.25, 0.3) is 0 Å². The average molecular weight is 658 g/mol. The summed E-state index contributed by atoms with van der Waals surface area (Å²) in [5.41, 5.74) is 19.8. The van der Waals surface area contributed by atoms with Crippen molar-refractivity contribution in [2.45, 2.75) is 38.5 Å². The van der Waals surface area contributed by atoms with Crippen LogP contribution in [0.2, 0.25) is 0 Å². The molecule has 0 atom stereocenters. The van der Waals surface area contributed by atoms with Gasteiger partial charge in [-0.15, -0.1) is 11.3 Å². The molecule has 6 aromatic carbocycles. The molecule has 0 amide bonds. The number of benzene rings is 6. The third-order valence-corrected chi connectivity index (χ3v) is 12.7. The molecular weight excluding hydrogens is 623 g/mol. The molecule has 2 heteroatoms. The Bertz CT molecular complexity index is 2650. The highest BCUT2D eigenvalue weighted by atomic mass is 32.1. The van der Waals surface area contributed by atoms with Crippen molar-refractivity contribution in [2.75, 3.05) is 4.90 Å². The summed E-state index contributed by atoms with van der Waals surface area (Å²) in [5.74, 6) is 0. The fraction of sp³-hybridized carbons (Fsp3) is 0.125. The molecule has 0 unspecified atom stereocenters. The van der Waals surface area contributed by atoms with Gasteiger partial charge in [0.05, 0.1) is 5.70 Å². The molecule has 50 heavy (non-hydrogen) atoms. The van der Waals surface area contributed by atoms with E-state index in [-0.39, 0.29) is 0 Å². The normalized spacial score (nSPS) is 15.5. The van der Waals surface area contributed by atoms with Gasteiger partial charge in [-0.05, 0) is 117 Å². The van der Waals surface area contributed by atoms with E-state index in [1.807, 2.05) is 11.3 Å². The standard InChI is InChI=1S/C48H35NS/c1-2-10-30(11-3-1)31-20-24-35(25-21-31)49(42-17-8-16-38-37-15-7-5-13-33(37)28-41(38)42)43-18-9-19-44-47(43)48-45(50-44)27-23-34-29-40-36-14-6-4-12-32(36)22-26-39(40)46(34)48/h1-8,10-18,20,22-24,26-27H,9,19,21,25,28-29H2. The molecule has 0 bridgehead atoms. The van der Waals surface area contributed by atoms with Gasteiger partial charge in [-0.1, -0.05) is 121 Å². The van der Waals surface area contributed by atoms with Crippen LogP contribution in [0.1, 0.15) is 57.5 Å². The second-order valence-corrected chi connectivity index (χ2v) is 15.3. The van der Waals surface area contributed by atoms with Crippen LogP contribution in [0.5, 0.6) is 0 Å². The van der Waals surface area contributed by atoms with Crippen LogP contribution in [0.15, 0.2) is 145 Å². The van der Waals surface area contributed by atoms with Gasteiger partial charge < -0.3 is 4.90 Å². The van der Waals surface area contributed by atoms with E-state index in [0.29, 0.717) is 0 Å². The number of hydrogen-bond donors (Lipinski definition) is 0. The van der Waals surface area contributed by atoms with Crippen LogP contribution in [0.25, 0.3) is 54.4 Å². The Balaban J connectivity index is 1.14. The number of aryl methyl sites for hydroxylation is 1. The summed E-state index contributed by atoms with van der Waals surface area (Å²) in [6, 6.07) is 45.4. The van der Waals surface area contributed by atoms with Crippen LogP contribution in [0.4, 0.5) is 5.69 Å². The summed E-state index contributed by atoms with van der Waals surface area (Å²) in [4.78, 5) is 4.21. The molecule has 1 nitrogen and oxygen atoms in total. The first-order valence-electron chi connectivity index (χ1n) is 18.0. The zero-order valence-corrected chi connectivity index (χ0v) is 28.7. The second kappa shape index (κ2) is 11.0. The van der Waals surface area contributed by atoms with Gasteiger partial charge in [0, 0.05) is 38.3 Å². The molecule has 7 aromatic rings. The zero-order chi connectivity index (χ0) is 32.8. The Morgan fingerprint density at radius 2 is 1.40 bits per heavy atom. The lowest BCUT2D eigenvalue weighted by Gasteiger charge is -2.35. The maximum atomic E-state index is 2.68. The zero-order valence-electron chi connectivity index (χ0n) is 27.9. The summed E-state index contributed by atoms with van der Waals surface area (Å²) in [5, 5.41) is 4.18. The van der Waals surface area contributed by atoms with Gasteiger partial charge in [-0.2, -0.15) is 0 Å². The van der Waals surface area contributed by atoms with E-state index in [1.165, 1.54) is 104 Å². The van der Waals surface area contributed by atoms with Crippen molar-refractivity contribution >= 4 is 49.2 Å². The van der Waals surface area contributed by atoms with Crippen molar-refractivity contribution < 1.29 is 0 Å². The molecule has 238 valence electrons. The molecule has 1 aromatic heterocycles. The minimum atomic E-state index is 0.969. The molecule has 0 saturated carbocycles. The van der Waals surface area contributed by atoms with Crippen LogP contribution in [-0.4, -0.2) is 0 Å². The number of allylic oxidation sites excluding steroid dienone is 5. The van der Waals surface area contributed by atoms with Crippen molar-refractivity contribution in [3.05, 3.63) is 184 Å². The number of anilines is 1. The first-order valence-corrected chi connectivity index (χ1v) is 18.9. The van der Waals surface area contributed by atoms with Gasteiger partial charge in [0.1, 0.15) is 0 Å². The molecule has 0 fully saturated rings. The fourth-order valence-corrected chi connectivity index (χ4v) is 10.5. The summed E-state index contributed by atoms with van der Waals surface area (Å²) >= 11 is 2.02. The van der Waals surface area contributed by atoms with Crippen molar-refractivity contribution in [2.24, 2.45) is 0 Å². The molecule has 0 radical (unpaired) electrons. The fourth-order valence-electron chi connectivity index (χ4n) is 9.28. The van der Waals surface area contributed by atoms with Crippen molar-refractivity contribution in [1.29, 1.82) is 0 Å². The lowest BCUT2D eigenvalue weighted by Crippen LogP contribution is -2.25. The Morgan fingerprint density at radius 1 is 0.560 bits per heavy atom. The first-order chi connectivity index (χ1) is 24.8. The van der Waals surface area contributed by atoms with Crippen LogP contribution in [0.3, 0.4) is 0 Å². The van der Waals surface area contributed by atoms with Crippen LogP contribution >= 0.6 is 11.3 Å². The minimum Gasteiger partial charge on any atom is -0.314 e. The third kappa shape index (κ3) is 4.18. The number of hydrogen-bond acceptors (Lipinski definition) is 2. The van der Waals surface area contributed by atoms with Gasteiger partial charge in [0.2, 0.25) is 0 Å². The summed E-state index contributed by atoms with van der Waals surface area (Å²) < 4.78 is 1.41. The summed E-state index contributed by atoms with van der Waals surface area (Å²) in [6.07, 6.45) is 13.5. The van der Waals surface area contributed by atoms with E-state index in [4.69, 9.17) is 0 Å². The third-order valence-electron chi connectivity index (χ3n) is 11.5. The highest BCUT2D eigenvalue weighted by Crippen LogP contribution is 2.53. The number of thiophene rings is 1. The number of rotatable bonds is 4. The van der Waals surface area contributed by atoms with Crippen LogP contribution < -0.4 is 4.90 Å². The van der Waals surface area contributed by atoms with Crippen LogP contribution in [0, 0.1) is 0 Å². The van der Waals surface area contributed by atoms with E-state index in [0.717, 1.165) is 38.5 Å². The quantitative estimate of drug-likeness (QED) is 0.182. The summed E-state index contributed by atoms with van der Waals surface area (Å²) in [7, 11) is 0. The Morgan fingerprint density at radius 3 is 2.32 bits per heavy atom. The first kappa shape index (κ1) is 28.4. The summed E-state index contributed by atoms with van der Waals surface area (Å²) in [6.45, 7) is 0. The van der Waals surface area contributed by atoms with E-state index in [2.05, 4.69) is 144 Å². The Hall–Kier alpha value is -5.44. The maximum absolute atomic E-state index is 2.68. The molecule has 4 aliphatic rings. The lowest BCUT2D eigenvalue weighted by molar-refractivity contribution is 0.916. The van der Waals surface area contributed by atoms with E-state index >= 15 is 0 Å². The van der Waals surface area contributed by atoms with E-state index in [9.17, 15) is 0 Å². The molecule has 0 aliphatic heterocycles. The highest BCUT2D eigenvalue weighted by molar-refractivity contribution is 7.19. The minimum absolute atomic E-state index is 0.969. The van der Waals surface area contributed by atoms with Gasteiger partial charge in [0.15, 0.2) is 0 Å².